The van der Waals surface area contributed by atoms with Crippen molar-refractivity contribution in [3.05, 3.63) is 39.6 Å². The molecule has 1 aliphatic rings. The number of hydrogen-bond acceptors (Lipinski definition) is 3. The van der Waals surface area contributed by atoms with Gasteiger partial charge in [-0.05, 0) is 47.3 Å². The standard InChI is InChI=1S/C13H11BrFN3O2/c1-6-4-8(14)9(15)5-10(6)18-12(7-2-3-7)16-11(17-18)13(19)20/h4-5,7H,2-3H2,1H3,(H,19,20). The number of halogens is 2. The highest BCUT2D eigenvalue weighted by atomic mass is 79.9. The minimum Gasteiger partial charge on any atom is -0.475 e. The van der Waals surface area contributed by atoms with Gasteiger partial charge in [-0.3, -0.25) is 0 Å². The molecule has 1 heterocycles. The molecule has 1 aliphatic carbocycles. The van der Waals surface area contributed by atoms with Gasteiger partial charge in [-0.25, -0.2) is 18.9 Å². The molecule has 1 fully saturated rings. The van der Waals surface area contributed by atoms with E-state index in [1.54, 1.807) is 6.07 Å². The molecule has 0 amide bonds. The van der Waals surface area contributed by atoms with Crippen molar-refractivity contribution >= 4 is 21.9 Å². The first-order valence-corrected chi connectivity index (χ1v) is 6.93. The summed E-state index contributed by atoms with van der Waals surface area (Å²) in [6, 6.07) is 2.98. The van der Waals surface area contributed by atoms with Gasteiger partial charge in [0.2, 0.25) is 0 Å². The maximum Gasteiger partial charge on any atom is 0.375 e. The normalized spacial score (nSPS) is 14.6. The number of rotatable bonds is 3. The molecule has 3 rings (SSSR count). The summed E-state index contributed by atoms with van der Waals surface area (Å²) < 4.78 is 15.6. The average molecular weight is 340 g/mol. The molecule has 2 aromatic rings. The number of carboxylic acid groups (broad SMARTS) is 1. The van der Waals surface area contributed by atoms with Crippen LogP contribution >= 0.6 is 15.9 Å². The number of carbonyl (C=O) groups is 1. The van der Waals surface area contributed by atoms with Gasteiger partial charge in [-0.15, -0.1) is 5.10 Å². The summed E-state index contributed by atoms with van der Waals surface area (Å²) in [6.07, 6.45) is 1.91. The number of aromatic nitrogens is 3. The third-order valence-electron chi connectivity index (χ3n) is 3.23. The lowest BCUT2D eigenvalue weighted by Gasteiger charge is -2.09. The fourth-order valence-electron chi connectivity index (χ4n) is 2.06. The summed E-state index contributed by atoms with van der Waals surface area (Å²) in [5.41, 5.74) is 1.31. The SMILES string of the molecule is Cc1cc(Br)c(F)cc1-n1nc(C(=O)O)nc1C1CC1. The summed E-state index contributed by atoms with van der Waals surface area (Å²) >= 11 is 3.13. The van der Waals surface area contributed by atoms with Crippen LogP contribution in [0.5, 0.6) is 0 Å². The number of aryl methyl sites for hydroxylation is 1. The fraction of sp³-hybridized carbons (Fsp3) is 0.308. The zero-order valence-corrected chi connectivity index (χ0v) is 12.2. The Hall–Kier alpha value is -1.76. The number of benzene rings is 1. The van der Waals surface area contributed by atoms with Crippen molar-refractivity contribution < 1.29 is 14.3 Å². The molecule has 0 bridgehead atoms. The molecule has 0 saturated heterocycles. The fourth-order valence-corrected chi connectivity index (χ4v) is 2.52. The van der Waals surface area contributed by atoms with Crippen LogP contribution in [0.15, 0.2) is 16.6 Å². The third-order valence-corrected chi connectivity index (χ3v) is 3.84. The quantitative estimate of drug-likeness (QED) is 0.933. The van der Waals surface area contributed by atoms with Gasteiger partial charge >= 0.3 is 5.97 Å². The predicted molar refractivity (Wildman–Crippen MR) is 72.7 cm³/mol. The van der Waals surface area contributed by atoms with E-state index in [-0.39, 0.29) is 11.7 Å². The van der Waals surface area contributed by atoms with E-state index in [9.17, 15) is 9.18 Å². The molecule has 5 nitrogen and oxygen atoms in total. The van der Waals surface area contributed by atoms with Gasteiger partial charge in [0.25, 0.3) is 5.82 Å². The zero-order chi connectivity index (χ0) is 14.4. The first-order valence-electron chi connectivity index (χ1n) is 6.13. The minimum atomic E-state index is -1.18. The molecule has 1 aromatic carbocycles. The van der Waals surface area contributed by atoms with E-state index in [1.807, 2.05) is 6.92 Å². The second-order valence-corrected chi connectivity index (χ2v) is 5.69. The van der Waals surface area contributed by atoms with Crippen LogP contribution in [-0.4, -0.2) is 25.8 Å². The van der Waals surface area contributed by atoms with Crippen LogP contribution in [0.25, 0.3) is 5.69 Å². The molecule has 104 valence electrons. The molecule has 0 radical (unpaired) electrons. The third kappa shape index (κ3) is 2.22. The van der Waals surface area contributed by atoms with Crippen molar-refractivity contribution in [3.8, 4) is 5.69 Å². The molecular weight excluding hydrogens is 329 g/mol. The van der Waals surface area contributed by atoms with E-state index in [2.05, 4.69) is 26.0 Å². The van der Waals surface area contributed by atoms with Crippen molar-refractivity contribution in [3.63, 3.8) is 0 Å². The molecule has 0 aliphatic heterocycles. The Morgan fingerprint density at radius 3 is 2.80 bits per heavy atom. The van der Waals surface area contributed by atoms with E-state index in [1.165, 1.54) is 10.7 Å². The van der Waals surface area contributed by atoms with Crippen molar-refractivity contribution in [2.45, 2.75) is 25.7 Å². The van der Waals surface area contributed by atoms with E-state index >= 15 is 0 Å². The summed E-state index contributed by atoms with van der Waals surface area (Å²) in [7, 11) is 0. The van der Waals surface area contributed by atoms with E-state index in [4.69, 9.17) is 5.11 Å². The van der Waals surface area contributed by atoms with Gasteiger partial charge in [-0.1, -0.05) is 0 Å². The molecule has 1 saturated carbocycles. The van der Waals surface area contributed by atoms with Crippen LogP contribution in [0.2, 0.25) is 0 Å². The highest BCUT2D eigenvalue weighted by Gasteiger charge is 2.32. The largest absolute Gasteiger partial charge is 0.475 e. The van der Waals surface area contributed by atoms with Gasteiger partial charge in [0.1, 0.15) is 11.6 Å². The van der Waals surface area contributed by atoms with Crippen molar-refractivity contribution in [2.24, 2.45) is 0 Å². The summed E-state index contributed by atoms with van der Waals surface area (Å²) in [6.45, 7) is 1.82. The first-order chi connectivity index (χ1) is 9.47. The van der Waals surface area contributed by atoms with Crippen LogP contribution < -0.4 is 0 Å². The molecule has 0 unspecified atom stereocenters. The van der Waals surface area contributed by atoms with Gasteiger partial charge in [0, 0.05) is 12.0 Å². The molecule has 1 N–H and O–H groups in total. The summed E-state index contributed by atoms with van der Waals surface area (Å²) in [4.78, 5) is 15.1. The molecular formula is C13H11BrFN3O2. The topological polar surface area (TPSA) is 68.0 Å². The Morgan fingerprint density at radius 1 is 1.50 bits per heavy atom. The smallest absolute Gasteiger partial charge is 0.375 e. The lowest BCUT2D eigenvalue weighted by atomic mass is 10.2. The number of nitrogens with zero attached hydrogens (tertiary/aromatic N) is 3. The van der Waals surface area contributed by atoms with Crippen molar-refractivity contribution in [2.75, 3.05) is 0 Å². The lowest BCUT2D eigenvalue weighted by Crippen LogP contribution is -2.06. The van der Waals surface area contributed by atoms with Crippen LogP contribution in [-0.2, 0) is 0 Å². The van der Waals surface area contributed by atoms with Crippen LogP contribution in [0.1, 0.15) is 40.8 Å². The molecule has 0 atom stereocenters. The maximum absolute atomic E-state index is 13.7. The van der Waals surface area contributed by atoms with Gasteiger partial charge in [0.15, 0.2) is 0 Å². The van der Waals surface area contributed by atoms with Crippen molar-refractivity contribution in [1.29, 1.82) is 0 Å². The van der Waals surface area contributed by atoms with Gasteiger partial charge < -0.3 is 5.11 Å². The van der Waals surface area contributed by atoms with Crippen LogP contribution in [0.4, 0.5) is 4.39 Å². The highest BCUT2D eigenvalue weighted by Crippen LogP contribution is 2.40. The molecule has 0 spiro atoms. The van der Waals surface area contributed by atoms with Crippen LogP contribution in [0.3, 0.4) is 0 Å². The highest BCUT2D eigenvalue weighted by molar-refractivity contribution is 9.10. The van der Waals surface area contributed by atoms with Crippen LogP contribution in [0, 0.1) is 12.7 Å². The van der Waals surface area contributed by atoms with E-state index in [0.29, 0.717) is 16.0 Å². The first kappa shape index (κ1) is 13.2. The van der Waals surface area contributed by atoms with Gasteiger partial charge in [0.05, 0.1) is 10.2 Å². The zero-order valence-electron chi connectivity index (χ0n) is 10.6. The van der Waals surface area contributed by atoms with Crippen molar-refractivity contribution in [1.82, 2.24) is 14.8 Å². The molecule has 20 heavy (non-hydrogen) atoms. The number of aromatic carboxylic acids is 1. The summed E-state index contributed by atoms with van der Waals surface area (Å²) in [5, 5.41) is 13.0. The Morgan fingerprint density at radius 2 is 2.20 bits per heavy atom. The Labute approximate surface area is 122 Å². The Kier molecular flexibility index (Phi) is 3.08. The maximum atomic E-state index is 13.7. The minimum absolute atomic E-state index is 0.210. The Balaban J connectivity index is 2.18. The second-order valence-electron chi connectivity index (χ2n) is 4.84. The number of carboxylic acids is 1. The summed E-state index contributed by atoms with van der Waals surface area (Å²) in [5.74, 6) is -1.05. The molecule has 7 heteroatoms. The second kappa shape index (κ2) is 4.66. The number of hydrogen-bond donors (Lipinski definition) is 1. The molecule has 1 aromatic heterocycles. The monoisotopic (exact) mass is 339 g/mol. The Bertz CT molecular complexity index is 710. The average Bonchev–Trinajstić information content (AvgIpc) is 3.13. The van der Waals surface area contributed by atoms with E-state index < -0.39 is 11.8 Å². The van der Waals surface area contributed by atoms with E-state index in [0.717, 1.165) is 18.4 Å². The predicted octanol–water partition coefficient (Wildman–Crippen LogP) is 3.05. The lowest BCUT2D eigenvalue weighted by molar-refractivity contribution is 0.0683. The van der Waals surface area contributed by atoms with Gasteiger partial charge in [-0.2, -0.15) is 0 Å².